The van der Waals surface area contributed by atoms with Gasteiger partial charge in [0.05, 0.1) is 0 Å². The fourth-order valence-corrected chi connectivity index (χ4v) is 2.12. The molecule has 7 heteroatoms. The average molecular weight is 326 g/mol. The van der Waals surface area contributed by atoms with Crippen molar-refractivity contribution in [1.29, 1.82) is 0 Å². The number of aromatic nitrogens is 1. The molecule has 0 fully saturated rings. The van der Waals surface area contributed by atoms with Crippen LogP contribution in [0.4, 0.5) is 10.8 Å². The van der Waals surface area contributed by atoms with Gasteiger partial charge in [-0.15, -0.1) is 11.3 Å². The van der Waals surface area contributed by atoms with Crippen LogP contribution in [0.15, 0.2) is 40.3 Å². The van der Waals surface area contributed by atoms with Gasteiger partial charge in [0, 0.05) is 21.7 Å². The zero-order chi connectivity index (χ0) is 13.0. The molecule has 2 N–H and O–H groups in total. The molecule has 92 valence electrons. The molecule has 1 aromatic carbocycles. The highest BCUT2D eigenvalue weighted by Crippen LogP contribution is 2.16. The number of halogens is 1. The molecule has 0 saturated heterocycles. The Hall–Kier alpha value is -1.73. The molecule has 1 heterocycles. The van der Waals surface area contributed by atoms with Crippen LogP contribution in [0, 0.1) is 0 Å². The molecule has 1 aromatic heterocycles. The molecule has 0 bridgehead atoms. The number of benzene rings is 1. The van der Waals surface area contributed by atoms with Gasteiger partial charge in [-0.1, -0.05) is 22.0 Å². The van der Waals surface area contributed by atoms with E-state index in [9.17, 15) is 9.59 Å². The van der Waals surface area contributed by atoms with Gasteiger partial charge in [-0.25, -0.2) is 4.98 Å². The van der Waals surface area contributed by atoms with Crippen LogP contribution in [0.2, 0.25) is 0 Å². The van der Waals surface area contributed by atoms with Crippen molar-refractivity contribution in [1.82, 2.24) is 4.98 Å². The first kappa shape index (κ1) is 12.7. The lowest BCUT2D eigenvalue weighted by atomic mass is 10.3. The van der Waals surface area contributed by atoms with Gasteiger partial charge in [-0.3, -0.25) is 14.9 Å². The number of nitrogens with one attached hydrogen (secondary N) is 2. The van der Waals surface area contributed by atoms with Crippen molar-refractivity contribution >= 4 is 49.9 Å². The van der Waals surface area contributed by atoms with E-state index in [1.54, 1.807) is 29.8 Å². The Bertz CT molecular complexity index is 571. The minimum absolute atomic E-state index is 0.393. The molecule has 0 aliphatic heterocycles. The topological polar surface area (TPSA) is 71.1 Å². The van der Waals surface area contributed by atoms with Crippen molar-refractivity contribution in [3.63, 3.8) is 0 Å². The maximum absolute atomic E-state index is 11.6. The Morgan fingerprint density at radius 1 is 1.22 bits per heavy atom. The number of hydrogen-bond acceptors (Lipinski definition) is 4. The van der Waals surface area contributed by atoms with Gasteiger partial charge in [-0.2, -0.15) is 0 Å². The summed E-state index contributed by atoms with van der Waals surface area (Å²) in [7, 11) is 0. The number of thiazole rings is 1. The molecular weight excluding hydrogens is 318 g/mol. The quantitative estimate of drug-likeness (QED) is 0.833. The summed E-state index contributed by atoms with van der Waals surface area (Å²) in [4.78, 5) is 27.0. The Balaban J connectivity index is 1.97. The van der Waals surface area contributed by atoms with Crippen LogP contribution in [-0.2, 0) is 9.59 Å². The normalized spacial score (nSPS) is 9.83. The van der Waals surface area contributed by atoms with E-state index in [4.69, 9.17) is 0 Å². The fraction of sp³-hybridized carbons (Fsp3) is 0. The summed E-state index contributed by atoms with van der Waals surface area (Å²) >= 11 is 4.52. The van der Waals surface area contributed by atoms with E-state index >= 15 is 0 Å². The summed E-state index contributed by atoms with van der Waals surface area (Å²) < 4.78 is 0.820. The number of amides is 2. The third kappa shape index (κ3) is 3.38. The molecule has 0 saturated carbocycles. The highest BCUT2D eigenvalue weighted by atomic mass is 79.9. The van der Waals surface area contributed by atoms with E-state index in [-0.39, 0.29) is 0 Å². The molecule has 0 atom stereocenters. The van der Waals surface area contributed by atoms with E-state index in [2.05, 4.69) is 31.5 Å². The number of rotatable bonds is 2. The zero-order valence-electron chi connectivity index (χ0n) is 9.01. The van der Waals surface area contributed by atoms with E-state index in [1.807, 2.05) is 6.07 Å². The molecule has 0 aliphatic carbocycles. The van der Waals surface area contributed by atoms with Crippen molar-refractivity contribution in [2.45, 2.75) is 0 Å². The van der Waals surface area contributed by atoms with E-state index in [0.29, 0.717) is 10.8 Å². The van der Waals surface area contributed by atoms with Crippen molar-refractivity contribution in [3.8, 4) is 0 Å². The maximum atomic E-state index is 11.6. The predicted molar refractivity (Wildman–Crippen MR) is 73.5 cm³/mol. The smallest absolute Gasteiger partial charge is 0.315 e. The monoisotopic (exact) mass is 325 g/mol. The lowest BCUT2D eigenvalue weighted by molar-refractivity contribution is -0.132. The Labute approximate surface area is 115 Å². The summed E-state index contributed by atoms with van der Waals surface area (Å²) in [6.07, 6.45) is 1.55. The average Bonchev–Trinajstić information content (AvgIpc) is 2.81. The molecule has 18 heavy (non-hydrogen) atoms. The van der Waals surface area contributed by atoms with E-state index in [0.717, 1.165) is 4.47 Å². The van der Waals surface area contributed by atoms with Gasteiger partial charge in [-0.05, 0) is 18.2 Å². The van der Waals surface area contributed by atoms with Crippen LogP contribution < -0.4 is 10.6 Å². The highest BCUT2D eigenvalue weighted by Gasteiger charge is 2.14. The summed E-state index contributed by atoms with van der Waals surface area (Å²) in [5.41, 5.74) is 0.545. The molecule has 0 unspecified atom stereocenters. The summed E-state index contributed by atoms with van der Waals surface area (Å²) in [5, 5.41) is 7.00. The van der Waals surface area contributed by atoms with Crippen molar-refractivity contribution < 1.29 is 9.59 Å². The van der Waals surface area contributed by atoms with Gasteiger partial charge in [0.25, 0.3) is 0 Å². The van der Waals surface area contributed by atoms with Gasteiger partial charge in [0.1, 0.15) is 0 Å². The molecular formula is C11H8BrN3O2S. The number of carbonyl (C=O) groups is 2. The second kappa shape index (κ2) is 5.74. The Kier molecular flexibility index (Phi) is 4.06. The molecule has 0 spiro atoms. The third-order valence-corrected chi connectivity index (χ3v) is 3.12. The fourth-order valence-electron chi connectivity index (χ4n) is 1.19. The number of anilines is 2. The van der Waals surface area contributed by atoms with Gasteiger partial charge in [0.15, 0.2) is 5.13 Å². The van der Waals surface area contributed by atoms with Crippen LogP contribution >= 0.6 is 27.3 Å². The first-order chi connectivity index (χ1) is 8.65. The van der Waals surface area contributed by atoms with Crippen LogP contribution in [0.25, 0.3) is 0 Å². The Morgan fingerprint density at radius 2 is 2.00 bits per heavy atom. The number of nitrogens with zero attached hydrogens (tertiary/aromatic N) is 1. The third-order valence-electron chi connectivity index (χ3n) is 1.94. The van der Waals surface area contributed by atoms with E-state index < -0.39 is 11.8 Å². The van der Waals surface area contributed by atoms with Crippen LogP contribution in [0.1, 0.15) is 0 Å². The summed E-state index contributed by atoms with van der Waals surface area (Å²) in [6.45, 7) is 0. The lowest BCUT2D eigenvalue weighted by Gasteiger charge is -2.04. The second-order valence-electron chi connectivity index (χ2n) is 3.26. The number of carbonyl (C=O) groups excluding carboxylic acids is 2. The van der Waals surface area contributed by atoms with Crippen LogP contribution in [0.3, 0.4) is 0 Å². The summed E-state index contributed by atoms with van der Waals surface area (Å²) in [6, 6.07) is 6.98. The zero-order valence-corrected chi connectivity index (χ0v) is 11.4. The summed E-state index contributed by atoms with van der Waals surface area (Å²) in [5.74, 6) is -1.48. The molecule has 0 radical (unpaired) electrons. The predicted octanol–water partition coefficient (Wildman–Crippen LogP) is 2.48. The minimum atomic E-state index is -0.745. The molecule has 0 aliphatic rings. The second-order valence-corrected chi connectivity index (χ2v) is 5.07. The van der Waals surface area contributed by atoms with Gasteiger partial charge < -0.3 is 5.32 Å². The molecule has 2 rings (SSSR count). The van der Waals surface area contributed by atoms with Crippen molar-refractivity contribution in [3.05, 3.63) is 40.3 Å². The van der Waals surface area contributed by atoms with E-state index in [1.165, 1.54) is 11.3 Å². The standard InChI is InChI=1S/C11H8BrN3O2S/c12-7-2-1-3-8(6-7)14-9(16)10(17)15-11-13-4-5-18-11/h1-6H,(H,14,16)(H,13,15,17). The number of hydrogen-bond donors (Lipinski definition) is 2. The maximum Gasteiger partial charge on any atom is 0.315 e. The van der Waals surface area contributed by atoms with Gasteiger partial charge >= 0.3 is 11.8 Å². The first-order valence-corrected chi connectivity index (χ1v) is 6.60. The van der Waals surface area contributed by atoms with Crippen LogP contribution in [0.5, 0.6) is 0 Å². The Morgan fingerprint density at radius 3 is 2.67 bits per heavy atom. The first-order valence-electron chi connectivity index (χ1n) is 4.92. The SMILES string of the molecule is O=C(Nc1cccc(Br)c1)C(=O)Nc1nccs1. The van der Waals surface area contributed by atoms with Crippen molar-refractivity contribution in [2.75, 3.05) is 10.6 Å². The van der Waals surface area contributed by atoms with Crippen molar-refractivity contribution in [2.24, 2.45) is 0 Å². The molecule has 2 amide bonds. The van der Waals surface area contributed by atoms with Gasteiger partial charge in [0.2, 0.25) is 0 Å². The minimum Gasteiger partial charge on any atom is -0.318 e. The molecule has 5 nitrogen and oxygen atoms in total. The highest BCUT2D eigenvalue weighted by molar-refractivity contribution is 9.10. The molecule has 2 aromatic rings. The largest absolute Gasteiger partial charge is 0.318 e. The van der Waals surface area contributed by atoms with Crippen LogP contribution in [-0.4, -0.2) is 16.8 Å². The lowest BCUT2D eigenvalue weighted by Crippen LogP contribution is -2.28.